The Kier molecular flexibility index (Phi) is 9.52. The van der Waals surface area contributed by atoms with Crippen molar-refractivity contribution in [2.75, 3.05) is 13.1 Å². The number of aromatic nitrogens is 4. The number of rotatable bonds is 7. The molecule has 2 saturated heterocycles. The SMILES string of the molecule is CC(C)C(C)C(=O)N1CCCC1c1ncc(C2=CC=C3C=C(C4=CC=C(c5cnc(C6CCCN6C(=O)OC(C)(C)C)[nH]5)CC4)CCC3C2)[nH]1. The minimum absolute atomic E-state index is 0.0209. The number of amides is 2. The molecule has 0 spiro atoms. The minimum atomic E-state index is -0.518. The molecule has 2 aromatic rings. The van der Waals surface area contributed by atoms with Gasteiger partial charge in [-0.15, -0.1) is 0 Å². The Balaban J connectivity index is 1.01. The van der Waals surface area contributed by atoms with Gasteiger partial charge in [-0.2, -0.15) is 0 Å². The van der Waals surface area contributed by atoms with E-state index in [1.807, 2.05) is 45.0 Å². The molecule has 0 radical (unpaired) electrons. The fourth-order valence-corrected chi connectivity index (χ4v) is 8.19. The van der Waals surface area contributed by atoms with Gasteiger partial charge < -0.3 is 19.6 Å². The van der Waals surface area contributed by atoms with E-state index in [2.05, 4.69) is 59.1 Å². The fourth-order valence-electron chi connectivity index (χ4n) is 8.19. The lowest BCUT2D eigenvalue weighted by Gasteiger charge is -2.30. The number of hydrogen-bond donors (Lipinski definition) is 2. The van der Waals surface area contributed by atoms with Gasteiger partial charge in [-0.25, -0.2) is 14.8 Å². The monoisotopic (exact) mass is 678 g/mol. The van der Waals surface area contributed by atoms with E-state index in [9.17, 15) is 9.59 Å². The lowest BCUT2D eigenvalue weighted by atomic mass is 9.75. The van der Waals surface area contributed by atoms with Gasteiger partial charge in [0.15, 0.2) is 0 Å². The van der Waals surface area contributed by atoms with Crippen molar-refractivity contribution in [2.24, 2.45) is 17.8 Å². The third-order valence-corrected chi connectivity index (χ3v) is 11.4. The number of ether oxygens (including phenoxy) is 1. The molecule has 50 heavy (non-hydrogen) atoms. The molecule has 2 aromatic heterocycles. The van der Waals surface area contributed by atoms with Crippen molar-refractivity contribution in [3.63, 3.8) is 0 Å². The summed E-state index contributed by atoms with van der Waals surface area (Å²) < 4.78 is 5.66. The molecule has 2 N–H and O–H groups in total. The number of allylic oxidation sites excluding steroid dienone is 10. The third-order valence-electron chi connectivity index (χ3n) is 11.4. The number of H-pyrrole nitrogens is 2. The standard InChI is InChI=1S/C41H54N6O3/c1-25(2)26(3)39(48)46-19-7-9-35(46)37-43-24-34(45-37)32-18-17-30-21-29(15-16-31(30)22-32)27-11-13-28(14-12-27)33-23-42-38(44-33)36-10-8-20-47(36)40(49)50-41(4,5)6/h11,13,17-18,21,23-26,31,35-36H,7-10,12,14-16,19-20,22H2,1-6H3,(H,42,44)(H,43,45). The predicted octanol–water partition coefficient (Wildman–Crippen LogP) is 9.01. The zero-order valence-corrected chi connectivity index (χ0v) is 30.7. The van der Waals surface area contributed by atoms with Crippen LogP contribution in [0, 0.1) is 17.8 Å². The quantitative estimate of drug-likeness (QED) is 0.304. The number of imidazole rings is 2. The van der Waals surface area contributed by atoms with Crippen LogP contribution in [0.4, 0.5) is 4.79 Å². The Morgan fingerprint density at radius 2 is 1.38 bits per heavy atom. The van der Waals surface area contributed by atoms with E-state index in [1.165, 1.54) is 27.9 Å². The summed E-state index contributed by atoms with van der Waals surface area (Å²) in [5.74, 6) is 2.88. The Labute approximate surface area is 297 Å². The molecule has 2 amide bonds. The molecular formula is C41H54N6O3. The first-order chi connectivity index (χ1) is 23.9. The van der Waals surface area contributed by atoms with Crippen LogP contribution in [-0.4, -0.2) is 60.4 Å². The van der Waals surface area contributed by atoms with Crippen molar-refractivity contribution in [1.29, 1.82) is 0 Å². The zero-order valence-electron chi connectivity index (χ0n) is 30.7. The molecule has 2 aliphatic heterocycles. The van der Waals surface area contributed by atoms with Crippen molar-refractivity contribution in [3.05, 3.63) is 82.5 Å². The van der Waals surface area contributed by atoms with E-state index in [1.54, 1.807) is 0 Å². The molecule has 9 heteroatoms. The first-order valence-electron chi connectivity index (χ1n) is 18.9. The van der Waals surface area contributed by atoms with Crippen LogP contribution in [0.5, 0.6) is 0 Å². The highest BCUT2D eigenvalue weighted by atomic mass is 16.6. The van der Waals surface area contributed by atoms with Crippen LogP contribution in [0.3, 0.4) is 0 Å². The van der Waals surface area contributed by atoms with Crippen molar-refractivity contribution < 1.29 is 14.3 Å². The average Bonchev–Trinajstić information content (AvgIpc) is 3.93. The number of hydrogen-bond acceptors (Lipinski definition) is 5. The number of aromatic amines is 2. The van der Waals surface area contributed by atoms with E-state index in [0.717, 1.165) is 87.4 Å². The van der Waals surface area contributed by atoms with E-state index in [0.29, 0.717) is 18.4 Å². The van der Waals surface area contributed by atoms with Crippen molar-refractivity contribution in [1.82, 2.24) is 29.7 Å². The summed E-state index contributed by atoms with van der Waals surface area (Å²) in [5.41, 5.74) is 8.46. The predicted molar refractivity (Wildman–Crippen MR) is 197 cm³/mol. The summed E-state index contributed by atoms with van der Waals surface area (Å²) in [6.45, 7) is 13.5. The summed E-state index contributed by atoms with van der Waals surface area (Å²) in [6, 6.07) is -0.0295. The van der Waals surface area contributed by atoms with Gasteiger partial charge >= 0.3 is 6.09 Å². The molecule has 0 aromatic carbocycles. The molecular weight excluding hydrogens is 624 g/mol. The van der Waals surface area contributed by atoms with Gasteiger partial charge in [-0.1, -0.05) is 51.2 Å². The van der Waals surface area contributed by atoms with Crippen LogP contribution in [0.2, 0.25) is 0 Å². The van der Waals surface area contributed by atoms with Crippen LogP contribution in [0.1, 0.15) is 134 Å². The Hall–Kier alpha value is -4.14. The number of nitrogens with one attached hydrogen (secondary N) is 2. The maximum Gasteiger partial charge on any atom is 0.410 e. The fraction of sp³-hybridized carbons (Fsp3) is 0.561. The first kappa shape index (κ1) is 34.3. The van der Waals surface area contributed by atoms with E-state index in [4.69, 9.17) is 14.7 Å². The highest BCUT2D eigenvalue weighted by molar-refractivity contribution is 5.79. The van der Waals surface area contributed by atoms with Gasteiger partial charge in [0.25, 0.3) is 0 Å². The summed E-state index contributed by atoms with van der Waals surface area (Å²) in [7, 11) is 0. The number of likely N-dealkylation sites (tertiary alicyclic amines) is 2. The summed E-state index contributed by atoms with van der Waals surface area (Å²) in [4.78, 5) is 46.6. The molecule has 9 nitrogen and oxygen atoms in total. The topological polar surface area (TPSA) is 107 Å². The highest BCUT2D eigenvalue weighted by Gasteiger charge is 2.36. The van der Waals surface area contributed by atoms with E-state index >= 15 is 0 Å². The molecule has 4 unspecified atom stereocenters. The first-order valence-corrected chi connectivity index (χ1v) is 18.9. The molecule has 0 bridgehead atoms. The Morgan fingerprint density at radius 3 is 2.02 bits per heavy atom. The second-order valence-electron chi connectivity index (χ2n) is 16.3. The van der Waals surface area contributed by atoms with Gasteiger partial charge in [0.1, 0.15) is 17.2 Å². The largest absolute Gasteiger partial charge is 0.444 e. The molecule has 0 saturated carbocycles. The average molecular weight is 679 g/mol. The van der Waals surface area contributed by atoms with Gasteiger partial charge in [0.2, 0.25) is 5.91 Å². The normalized spacial score (nSPS) is 24.7. The number of carbonyl (C=O) groups is 2. The third kappa shape index (κ3) is 7.06. The lowest BCUT2D eigenvalue weighted by molar-refractivity contribution is -0.137. The highest BCUT2D eigenvalue weighted by Crippen LogP contribution is 2.43. The van der Waals surface area contributed by atoms with Crippen molar-refractivity contribution in [3.8, 4) is 0 Å². The maximum absolute atomic E-state index is 13.2. The number of carbonyl (C=O) groups excluding carboxylic acids is 2. The maximum atomic E-state index is 13.2. The van der Waals surface area contributed by atoms with Crippen LogP contribution in [0.25, 0.3) is 11.1 Å². The van der Waals surface area contributed by atoms with Gasteiger partial charge in [0.05, 0.1) is 35.9 Å². The summed E-state index contributed by atoms with van der Waals surface area (Å²) >= 11 is 0. The molecule has 266 valence electrons. The lowest BCUT2D eigenvalue weighted by Crippen LogP contribution is -2.36. The second-order valence-corrected chi connectivity index (χ2v) is 16.3. The molecule has 3 aliphatic carbocycles. The molecule has 2 fully saturated rings. The number of nitrogens with zero attached hydrogens (tertiary/aromatic N) is 4. The smallest absolute Gasteiger partial charge is 0.410 e. The molecule has 5 aliphatic rings. The van der Waals surface area contributed by atoms with E-state index < -0.39 is 5.60 Å². The van der Waals surface area contributed by atoms with Crippen LogP contribution < -0.4 is 0 Å². The van der Waals surface area contributed by atoms with Crippen molar-refractivity contribution >= 4 is 23.1 Å². The minimum Gasteiger partial charge on any atom is -0.444 e. The molecule has 4 atom stereocenters. The van der Waals surface area contributed by atoms with Crippen LogP contribution in [-0.2, 0) is 9.53 Å². The van der Waals surface area contributed by atoms with Gasteiger partial charge in [0, 0.05) is 19.0 Å². The number of fused-ring (bicyclic) bond motifs is 1. The van der Waals surface area contributed by atoms with Gasteiger partial charge in [-0.05, 0) is 118 Å². The van der Waals surface area contributed by atoms with Crippen molar-refractivity contribution in [2.45, 2.75) is 117 Å². The summed E-state index contributed by atoms with van der Waals surface area (Å²) in [6.07, 6.45) is 24.2. The molecule has 7 rings (SSSR count). The van der Waals surface area contributed by atoms with Crippen LogP contribution in [0.15, 0.2) is 59.5 Å². The zero-order chi connectivity index (χ0) is 35.2. The Bertz CT molecular complexity index is 1780. The van der Waals surface area contributed by atoms with Crippen LogP contribution >= 0.6 is 0 Å². The molecule has 4 heterocycles. The summed E-state index contributed by atoms with van der Waals surface area (Å²) in [5, 5.41) is 0. The van der Waals surface area contributed by atoms with E-state index in [-0.39, 0.29) is 30.0 Å². The Morgan fingerprint density at radius 1 is 0.780 bits per heavy atom. The van der Waals surface area contributed by atoms with Gasteiger partial charge in [-0.3, -0.25) is 9.69 Å². The second kappa shape index (κ2) is 13.9.